The van der Waals surface area contributed by atoms with Gasteiger partial charge in [-0.15, -0.1) is 0 Å². The molecule has 0 saturated carbocycles. The summed E-state index contributed by atoms with van der Waals surface area (Å²) in [6.45, 7) is 3.73. The minimum absolute atomic E-state index is 0.782. The Bertz CT molecular complexity index is 516. The molecular weight excluding hydrogens is 224 g/mol. The number of anilines is 1. The van der Waals surface area contributed by atoms with E-state index in [0.29, 0.717) is 0 Å². The average molecular weight is 244 g/mol. The Hall–Kier alpha value is -1.81. The largest absolute Gasteiger partial charge is 0.398 e. The molecule has 4 nitrogen and oxygen atoms in total. The van der Waals surface area contributed by atoms with E-state index in [1.54, 1.807) is 0 Å². The van der Waals surface area contributed by atoms with Crippen molar-refractivity contribution in [3.8, 4) is 0 Å². The van der Waals surface area contributed by atoms with Gasteiger partial charge in [-0.1, -0.05) is 25.1 Å². The summed E-state index contributed by atoms with van der Waals surface area (Å²) in [7, 11) is 1.96. The van der Waals surface area contributed by atoms with Crippen LogP contribution in [0, 0.1) is 0 Å². The van der Waals surface area contributed by atoms with Crippen LogP contribution in [0.3, 0.4) is 0 Å². The maximum atomic E-state index is 5.90. The lowest BCUT2D eigenvalue weighted by atomic mass is 10.1. The molecule has 0 radical (unpaired) electrons. The summed E-state index contributed by atoms with van der Waals surface area (Å²) in [5.74, 6) is 0. The highest BCUT2D eigenvalue weighted by Gasteiger charge is 2.05. The number of para-hydroxylation sites is 1. The van der Waals surface area contributed by atoms with Crippen LogP contribution < -0.4 is 11.1 Å². The van der Waals surface area contributed by atoms with Gasteiger partial charge in [-0.25, -0.2) is 0 Å². The number of rotatable bonds is 5. The molecule has 3 N–H and O–H groups in total. The van der Waals surface area contributed by atoms with Gasteiger partial charge in [0.15, 0.2) is 0 Å². The van der Waals surface area contributed by atoms with Crippen LogP contribution in [0.5, 0.6) is 0 Å². The normalized spacial score (nSPS) is 10.8. The van der Waals surface area contributed by atoms with Gasteiger partial charge >= 0.3 is 0 Å². The summed E-state index contributed by atoms with van der Waals surface area (Å²) in [6.07, 6.45) is 3.03. The van der Waals surface area contributed by atoms with Crippen LogP contribution in [-0.4, -0.2) is 9.78 Å². The highest BCUT2D eigenvalue weighted by Crippen LogP contribution is 2.11. The molecule has 4 heteroatoms. The number of nitrogens with two attached hydrogens (primary N) is 1. The fourth-order valence-electron chi connectivity index (χ4n) is 2.06. The minimum atomic E-state index is 0.782. The maximum Gasteiger partial charge on any atom is 0.0666 e. The number of nitrogens with zero attached hydrogens (tertiary/aromatic N) is 2. The number of benzene rings is 1. The van der Waals surface area contributed by atoms with Gasteiger partial charge < -0.3 is 11.1 Å². The highest BCUT2D eigenvalue weighted by atomic mass is 15.3. The molecule has 18 heavy (non-hydrogen) atoms. The van der Waals surface area contributed by atoms with Crippen molar-refractivity contribution in [1.29, 1.82) is 0 Å². The van der Waals surface area contributed by atoms with Gasteiger partial charge in [0.2, 0.25) is 0 Å². The predicted molar refractivity (Wildman–Crippen MR) is 74.0 cm³/mol. The second-order valence-electron chi connectivity index (χ2n) is 4.43. The topological polar surface area (TPSA) is 55.9 Å². The molecular formula is C14H20N4. The molecule has 0 bridgehead atoms. The summed E-state index contributed by atoms with van der Waals surface area (Å²) < 4.78 is 1.87. The molecule has 0 amide bonds. The monoisotopic (exact) mass is 244 g/mol. The Morgan fingerprint density at radius 3 is 2.67 bits per heavy atom. The standard InChI is InChI=1S/C14H20N4/c1-3-14-12(10-18(2)17-14)9-16-8-11-6-4-5-7-13(11)15/h4-7,10,16H,3,8-9,15H2,1-2H3. The molecule has 1 heterocycles. The third-order valence-corrected chi connectivity index (χ3v) is 3.01. The van der Waals surface area contributed by atoms with Crippen LogP contribution in [0.1, 0.15) is 23.7 Å². The summed E-state index contributed by atoms with van der Waals surface area (Å²) in [6, 6.07) is 7.94. The molecule has 0 fully saturated rings. The van der Waals surface area contributed by atoms with Gasteiger partial charge in [0.25, 0.3) is 0 Å². The number of aromatic nitrogens is 2. The van der Waals surface area contributed by atoms with Crippen LogP contribution in [-0.2, 0) is 26.6 Å². The SMILES string of the molecule is CCc1nn(C)cc1CNCc1ccccc1N. The van der Waals surface area contributed by atoms with E-state index in [4.69, 9.17) is 5.73 Å². The third kappa shape index (κ3) is 2.90. The molecule has 0 atom stereocenters. The lowest BCUT2D eigenvalue weighted by Gasteiger charge is -2.07. The first kappa shape index (κ1) is 12.6. The second kappa shape index (κ2) is 5.69. The lowest BCUT2D eigenvalue weighted by Crippen LogP contribution is -2.14. The number of aryl methyl sites for hydroxylation is 2. The molecule has 0 unspecified atom stereocenters. The van der Waals surface area contributed by atoms with Crippen LogP contribution in [0.4, 0.5) is 5.69 Å². The van der Waals surface area contributed by atoms with Gasteiger partial charge in [-0.2, -0.15) is 5.10 Å². The Morgan fingerprint density at radius 1 is 1.22 bits per heavy atom. The molecule has 2 aromatic rings. The highest BCUT2D eigenvalue weighted by molar-refractivity contribution is 5.46. The van der Waals surface area contributed by atoms with Crippen molar-refractivity contribution in [2.45, 2.75) is 26.4 Å². The van der Waals surface area contributed by atoms with Crippen molar-refractivity contribution in [3.63, 3.8) is 0 Å². The molecule has 2 rings (SSSR count). The molecule has 0 spiro atoms. The van der Waals surface area contributed by atoms with Crippen molar-refractivity contribution in [1.82, 2.24) is 15.1 Å². The Morgan fingerprint density at radius 2 is 1.94 bits per heavy atom. The second-order valence-corrected chi connectivity index (χ2v) is 4.43. The zero-order valence-electron chi connectivity index (χ0n) is 11.0. The van der Waals surface area contributed by atoms with Crippen LogP contribution in [0.25, 0.3) is 0 Å². The van der Waals surface area contributed by atoms with Gasteiger partial charge in [0.1, 0.15) is 0 Å². The smallest absolute Gasteiger partial charge is 0.0666 e. The van der Waals surface area contributed by atoms with Gasteiger partial charge in [-0.3, -0.25) is 4.68 Å². The van der Waals surface area contributed by atoms with Crippen LogP contribution >= 0.6 is 0 Å². The zero-order valence-corrected chi connectivity index (χ0v) is 11.0. The van der Waals surface area contributed by atoms with E-state index in [-0.39, 0.29) is 0 Å². The Labute approximate surface area is 108 Å². The van der Waals surface area contributed by atoms with Gasteiger partial charge in [-0.05, 0) is 18.1 Å². The minimum Gasteiger partial charge on any atom is -0.398 e. The number of nitrogen functional groups attached to an aromatic ring is 1. The van der Waals surface area contributed by atoms with Gasteiger partial charge in [0.05, 0.1) is 5.69 Å². The first-order chi connectivity index (χ1) is 8.70. The van der Waals surface area contributed by atoms with Crippen LogP contribution in [0.15, 0.2) is 30.5 Å². The van der Waals surface area contributed by atoms with Crippen molar-refractivity contribution in [2.75, 3.05) is 5.73 Å². The molecule has 0 aliphatic heterocycles. The molecule has 1 aromatic carbocycles. The van der Waals surface area contributed by atoms with E-state index in [0.717, 1.165) is 36.5 Å². The fraction of sp³-hybridized carbons (Fsp3) is 0.357. The van der Waals surface area contributed by atoms with Crippen molar-refractivity contribution < 1.29 is 0 Å². The summed E-state index contributed by atoms with van der Waals surface area (Å²) in [5, 5.41) is 7.84. The van der Waals surface area contributed by atoms with Gasteiger partial charge in [0, 0.05) is 37.6 Å². The average Bonchev–Trinajstić information content (AvgIpc) is 2.72. The van der Waals surface area contributed by atoms with Crippen molar-refractivity contribution in [2.24, 2.45) is 7.05 Å². The molecule has 96 valence electrons. The Kier molecular flexibility index (Phi) is 3.99. The quantitative estimate of drug-likeness (QED) is 0.789. The summed E-state index contributed by atoms with van der Waals surface area (Å²) >= 11 is 0. The number of nitrogens with one attached hydrogen (secondary N) is 1. The van der Waals surface area contributed by atoms with E-state index >= 15 is 0 Å². The molecule has 0 aliphatic carbocycles. The van der Waals surface area contributed by atoms with Crippen molar-refractivity contribution in [3.05, 3.63) is 47.3 Å². The lowest BCUT2D eigenvalue weighted by molar-refractivity contribution is 0.689. The van der Waals surface area contributed by atoms with E-state index < -0.39 is 0 Å². The van der Waals surface area contributed by atoms with E-state index in [1.165, 1.54) is 5.56 Å². The summed E-state index contributed by atoms with van der Waals surface area (Å²) in [5.41, 5.74) is 10.3. The molecule has 1 aromatic heterocycles. The maximum absolute atomic E-state index is 5.90. The predicted octanol–water partition coefficient (Wildman–Crippen LogP) is 1.85. The van der Waals surface area contributed by atoms with E-state index in [1.807, 2.05) is 36.0 Å². The number of hydrogen-bond donors (Lipinski definition) is 2. The first-order valence-corrected chi connectivity index (χ1v) is 6.26. The molecule has 0 aliphatic rings. The molecule has 0 saturated heterocycles. The summed E-state index contributed by atoms with van der Waals surface area (Å²) in [4.78, 5) is 0. The van der Waals surface area contributed by atoms with Crippen molar-refractivity contribution >= 4 is 5.69 Å². The number of hydrogen-bond acceptors (Lipinski definition) is 3. The Balaban J connectivity index is 1.94. The first-order valence-electron chi connectivity index (χ1n) is 6.26. The van der Waals surface area contributed by atoms with Crippen LogP contribution in [0.2, 0.25) is 0 Å². The fourth-order valence-corrected chi connectivity index (χ4v) is 2.06. The zero-order chi connectivity index (χ0) is 13.0. The third-order valence-electron chi connectivity index (χ3n) is 3.01. The van der Waals surface area contributed by atoms with E-state index in [2.05, 4.69) is 23.5 Å². The van der Waals surface area contributed by atoms with E-state index in [9.17, 15) is 0 Å².